The van der Waals surface area contributed by atoms with E-state index in [0.29, 0.717) is 19.5 Å². The van der Waals surface area contributed by atoms with Gasteiger partial charge >= 0.3 is 0 Å². The zero-order valence-corrected chi connectivity index (χ0v) is 16.1. The Morgan fingerprint density at radius 2 is 1.74 bits per heavy atom. The van der Waals surface area contributed by atoms with Crippen LogP contribution in [0.4, 0.5) is 0 Å². The fourth-order valence-electron chi connectivity index (χ4n) is 4.81. The van der Waals surface area contributed by atoms with Crippen LogP contribution >= 0.6 is 0 Å². The Balaban J connectivity index is 1.28. The van der Waals surface area contributed by atoms with E-state index < -0.39 is 0 Å². The van der Waals surface area contributed by atoms with Crippen molar-refractivity contribution in [2.75, 3.05) is 32.7 Å². The average molecular weight is 370 g/mol. The number of pyridine rings is 1. The second-order valence-corrected chi connectivity index (χ2v) is 8.18. The van der Waals surface area contributed by atoms with Gasteiger partial charge in [-0.2, -0.15) is 0 Å². The first-order valence-electron chi connectivity index (χ1n) is 10.4. The number of rotatable bonds is 4. The van der Waals surface area contributed by atoms with Crippen LogP contribution in [0, 0.1) is 5.92 Å². The second kappa shape index (κ2) is 8.38. The van der Waals surface area contributed by atoms with Gasteiger partial charge in [0.25, 0.3) is 0 Å². The monoisotopic (exact) mass is 370 g/mol. The third-order valence-corrected chi connectivity index (χ3v) is 6.40. The summed E-state index contributed by atoms with van der Waals surface area (Å²) >= 11 is 0. The summed E-state index contributed by atoms with van der Waals surface area (Å²) in [5.41, 5.74) is 1.06. The van der Waals surface area contributed by atoms with Crippen LogP contribution in [-0.4, -0.2) is 70.3 Å². The molecule has 27 heavy (non-hydrogen) atoms. The molecule has 1 atom stereocenters. The first-order valence-corrected chi connectivity index (χ1v) is 10.4. The van der Waals surface area contributed by atoms with E-state index in [1.165, 1.54) is 32.1 Å². The lowest BCUT2D eigenvalue weighted by atomic mass is 9.93. The van der Waals surface area contributed by atoms with Crippen LogP contribution < -0.4 is 0 Å². The summed E-state index contributed by atoms with van der Waals surface area (Å²) in [5.74, 6) is 0.0791. The fourth-order valence-corrected chi connectivity index (χ4v) is 4.81. The molecule has 4 rings (SSSR count). The molecule has 2 amide bonds. The Bertz CT molecular complexity index is 651. The normalized spacial score (nSPS) is 25.2. The molecular formula is C21H30N4O2. The number of hydrogen-bond acceptors (Lipinski definition) is 4. The summed E-state index contributed by atoms with van der Waals surface area (Å²) in [6, 6.07) is 4.57. The molecule has 0 aromatic carbocycles. The van der Waals surface area contributed by atoms with Crippen molar-refractivity contribution in [2.24, 2.45) is 5.92 Å². The second-order valence-electron chi connectivity index (χ2n) is 8.18. The molecule has 0 spiro atoms. The van der Waals surface area contributed by atoms with E-state index in [1.54, 1.807) is 12.4 Å². The Hall–Kier alpha value is -1.95. The maximum absolute atomic E-state index is 12.9. The van der Waals surface area contributed by atoms with Gasteiger partial charge in [-0.05, 0) is 30.5 Å². The van der Waals surface area contributed by atoms with Gasteiger partial charge in [-0.3, -0.25) is 19.5 Å². The van der Waals surface area contributed by atoms with Gasteiger partial charge < -0.3 is 9.80 Å². The number of aromatic nitrogens is 1. The maximum Gasteiger partial charge on any atom is 0.228 e. The van der Waals surface area contributed by atoms with Crippen molar-refractivity contribution in [3.05, 3.63) is 30.1 Å². The van der Waals surface area contributed by atoms with Crippen molar-refractivity contribution in [3.63, 3.8) is 0 Å². The van der Waals surface area contributed by atoms with Gasteiger partial charge in [-0.1, -0.05) is 19.3 Å². The van der Waals surface area contributed by atoms with Crippen LogP contribution in [0.1, 0.15) is 44.1 Å². The van der Waals surface area contributed by atoms with Crippen molar-refractivity contribution in [1.29, 1.82) is 0 Å². The number of hydrogen-bond donors (Lipinski definition) is 0. The first kappa shape index (κ1) is 18.4. The van der Waals surface area contributed by atoms with E-state index in [0.717, 1.165) is 37.8 Å². The Morgan fingerprint density at radius 1 is 1.04 bits per heavy atom. The van der Waals surface area contributed by atoms with Crippen LogP contribution in [-0.2, 0) is 16.1 Å². The van der Waals surface area contributed by atoms with Gasteiger partial charge in [0.05, 0.1) is 5.92 Å². The summed E-state index contributed by atoms with van der Waals surface area (Å²) in [5, 5.41) is 0. The molecule has 0 radical (unpaired) electrons. The van der Waals surface area contributed by atoms with Crippen molar-refractivity contribution >= 4 is 11.8 Å². The fraction of sp³-hybridized carbons (Fsp3) is 0.667. The molecule has 6 heteroatoms. The van der Waals surface area contributed by atoms with Crippen LogP contribution in [0.15, 0.2) is 24.5 Å². The highest BCUT2D eigenvalue weighted by molar-refractivity contribution is 5.89. The molecule has 0 N–H and O–H groups in total. The van der Waals surface area contributed by atoms with Crippen LogP contribution in [0.2, 0.25) is 0 Å². The number of amides is 2. The van der Waals surface area contributed by atoms with Crippen molar-refractivity contribution in [2.45, 2.75) is 51.1 Å². The number of likely N-dealkylation sites (tertiary alicyclic amines) is 1. The summed E-state index contributed by atoms with van der Waals surface area (Å²) in [6.07, 6.45) is 10.5. The minimum Gasteiger partial charge on any atom is -0.340 e. The Morgan fingerprint density at radius 3 is 2.44 bits per heavy atom. The molecule has 6 nitrogen and oxygen atoms in total. The number of nitrogens with zero attached hydrogens (tertiary/aromatic N) is 4. The Kier molecular flexibility index (Phi) is 5.72. The summed E-state index contributed by atoms with van der Waals surface area (Å²) in [7, 11) is 0. The minimum atomic E-state index is -0.180. The maximum atomic E-state index is 12.9. The highest BCUT2D eigenvalue weighted by Crippen LogP contribution is 2.25. The number of carbonyl (C=O) groups is 2. The van der Waals surface area contributed by atoms with Crippen molar-refractivity contribution in [1.82, 2.24) is 19.7 Å². The molecule has 3 fully saturated rings. The van der Waals surface area contributed by atoms with E-state index in [1.807, 2.05) is 21.9 Å². The third-order valence-electron chi connectivity index (χ3n) is 6.40. The summed E-state index contributed by atoms with van der Waals surface area (Å²) < 4.78 is 0. The predicted octanol–water partition coefficient (Wildman–Crippen LogP) is 1.91. The lowest BCUT2D eigenvalue weighted by molar-refractivity contribution is -0.137. The average Bonchev–Trinajstić information content (AvgIpc) is 3.09. The molecule has 0 unspecified atom stereocenters. The lowest BCUT2D eigenvalue weighted by Gasteiger charge is -2.41. The molecule has 3 heterocycles. The standard InChI is InChI=1S/C21H30N4O2/c26-20-14-18(16-25(20)15-17-6-8-22-9-7-17)21(27)24-12-10-23(11-13-24)19-4-2-1-3-5-19/h6-9,18-19H,1-5,10-16H2/t18-/m0/s1. The SMILES string of the molecule is O=C1C[C@H](C(=O)N2CCN(C3CCCCC3)CC2)CN1Cc1ccncc1. The molecule has 2 saturated heterocycles. The Labute approximate surface area is 161 Å². The molecule has 0 bridgehead atoms. The topological polar surface area (TPSA) is 56.8 Å². The number of piperazine rings is 1. The summed E-state index contributed by atoms with van der Waals surface area (Å²) in [4.78, 5) is 35.7. The van der Waals surface area contributed by atoms with Crippen molar-refractivity contribution in [3.8, 4) is 0 Å². The van der Waals surface area contributed by atoms with Gasteiger partial charge in [0.1, 0.15) is 0 Å². The van der Waals surface area contributed by atoms with Crippen LogP contribution in [0.25, 0.3) is 0 Å². The lowest BCUT2D eigenvalue weighted by Crippen LogP contribution is -2.53. The minimum absolute atomic E-state index is 0.0889. The van der Waals surface area contributed by atoms with E-state index in [9.17, 15) is 9.59 Å². The zero-order chi connectivity index (χ0) is 18.6. The van der Waals surface area contributed by atoms with Gasteiger partial charge in [0.2, 0.25) is 11.8 Å². The molecule has 3 aliphatic rings. The third kappa shape index (κ3) is 4.32. The molecule has 1 saturated carbocycles. The predicted molar refractivity (Wildman–Crippen MR) is 103 cm³/mol. The molecule has 1 aromatic heterocycles. The molecule has 1 aromatic rings. The largest absolute Gasteiger partial charge is 0.340 e. The molecular weight excluding hydrogens is 340 g/mol. The van der Waals surface area contributed by atoms with Gasteiger partial charge in [-0.15, -0.1) is 0 Å². The smallest absolute Gasteiger partial charge is 0.228 e. The van der Waals surface area contributed by atoms with E-state index >= 15 is 0 Å². The molecule has 146 valence electrons. The van der Waals surface area contributed by atoms with Crippen molar-refractivity contribution < 1.29 is 9.59 Å². The van der Waals surface area contributed by atoms with E-state index in [2.05, 4.69) is 9.88 Å². The van der Waals surface area contributed by atoms with E-state index in [4.69, 9.17) is 0 Å². The highest BCUT2D eigenvalue weighted by atomic mass is 16.2. The highest BCUT2D eigenvalue weighted by Gasteiger charge is 2.37. The van der Waals surface area contributed by atoms with Gasteiger partial charge in [0.15, 0.2) is 0 Å². The number of carbonyl (C=O) groups excluding carboxylic acids is 2. The molecule has 2 aliphatic heterocycles. The first-order chi connectivity index (χ1) is 13.2. The van der Waals surface area contributed by atoms with Crippen LogP contribution in [0.3, 0.4) is 0 Å². The van der Waals surface area contributed by atoms with Gasteiger partial charge in [0, 0.05) is 64.1 Å². The quantitative estimate of drug-likeness (QED) is 0.812. The van der Waals surface area contributed by atoms with E-state index in [-0.39, 0.29) is 17.7 Å². The summed E-state index contributed by atoms with van der Waals surface area (Å²) in [6.45, 7) is 4.70. The van der Waals surface area contributed by atoms with Crippen LogP contribution in [0.5, 0.6) is 0 Å². The molecule has 1 aliphatic carbocycles. The van der Waals surface area contributed by atoms with Gasteiger partial charge in [-0.25, -0.2) is 0 Å². The zero-order valence-electron chi connectivity index (χ0n) is 16.1.